The van der Waals surface area contributed by atoms with Gasteiger partial charge in [-0.1, -0.05) is 49.4 Å². The number of nitro benzene ring substituents is 1. The molecular weight excluding hydrogens is 522 g/mol. The van der Waals surface area contributed by atoms with Crippen molar-refractivity contribution in [1.29, 1.82) is 0 Å². The second kappa shape index (κ2) is 11.2. The monoisotopic (exact) mass is 551 g/mol. The molecule has 1 aliphatic heterocycles. The molecule has 0 spiro atoms. The largest absolute Gasteiger partial charge is 0.493 e. The summed E-state index contributed by atoms with van der Waals surface area (Å²) >= 11 is 1.09. The maximum atomic E-state index is 13.8. The Balaban J connectivity index is 1.98. The van der Waals surface area contributed by atoms with Crippen molar-refractivity contribution in [2.75, 3.05) is 20.8 Å². The molecule has 1 aliphatic rings. The van der Waals surface area contributed by atoms with Crippen LogP contribution in [0.3, 0.4) is 0 Å². The third-order valence-electron chi connectivity index (χ3n) is 6.45. The predicted octanol–water partition coefficient (Wildman–Crippen LogP) is 3.85. The fraction of sp³-hybridized carbons (Fsp3) is 0.321. The van der Waals surface area contributed by atoms with Crippen LogP contribution in [0.25, 0.3) is 6.08 Å². The first-order chi connectivity index (χ1) is 18.6. The molecule has 10 nitrogen and oxygen atoms in total. The Morgan fingerprint density at radius 2 is 1.82 bits per heavy atom. The van der Waals surface area contributed by atoms with Crippen LogP contribution in [0.15, 0.2) is 57.5 Å². The highest BCUT2D eigenvalue weighted by atomic mass is 32.1. The van der Waals surface area contributed by atoms with E-state index in [2.05, 4.69) is 18.8 Å². The minimum Gasteiger partial charge on any atom is -0.493 e. The van der Waals surface area contributed by atoms with Gasteiger partial charge in [-0.2, -0.15) is 0 Å². The fourth-order valence-corrected chi connectivity index (χ4v) is 5.51. The molecule has 0 aliphatic carbocycles. The number of nitro groups is 1. The number of carbonyl (C=O) groups excluding carboxylic acids is 1. The molecule has 39 heavy (non-hydrogen) atoms. The van der Waals surface area contributed by atoms with E-state index in [-0.39, 0.29) is 39.5 Å². The average molecular weight is 552 g/mol. The first kappa shape index (κ1) is 27.8. The summed E-state index contributed by atoms with van der Waals surface area (Å²) in [4.78, 5) is 43.1. The molecular formula is C28H29N3O7S. The number of hydrogen-bond acceptors (Lipinski definition) is 9. The first-order valence-corrected chi connectivity index (χ1v) is 13.1. The number of esters is 1. The summed E-state index contributed by atoms with van der Waals surface area (Å²) in [6.07, 6.45) is 1.44. The summed E-state index contributed by atoms with van der Waals surface area (Å²) in [6.45, 7) is 7.75. The van der Waals surface area contributed by atoms with Crippen LogP contribution in [-0.4, -0.2) is 36.3 Å². The van der Waals surface area contributed by atoms with Crippen LogP contribution in [0.1, 0.15) is 56.3 Å². The van der Waals surface area contributed by atoms with Crippen LogP contribution in [-0.2, 0) is 9.53 Å². The van der Waals surface area contributed by atoms with Crippen molar-refractivity contribution in [3.63, 3.8) is 0 Å². The average Bonchev–Trinajstić information content (AvgIpc) is 3.21. The van der Waals surface area contributed by atoms with Crippen molar-refractivity contribution in [3.8, 4) is 11.5 Å². The van der Waals surface area contributed by atoms with Crippen molar-refractivity contribution >= 4 is 29.1 Å². The van der Waals surface area contributed by atoms with Gasteiger partial charge in [0.15, 0.2) is 16.3 Å². The molecule has 0 amide bonds. The highest BCUT2D eigenvalue weighted by Gasteiger charge is 2.33. The van der Waals surface area contributed by atoms with E-state index in [0.29, 0.717) is 16.4 Å². The fourth-order valence-electron chi connectivity index (χ4n) is 4.47. The second-order valence-electron chi connectivity index (χ2n) is 9.15. The number of rotatable bonds is 8. The summed E-state index contributed by atoms with van der Waals surface area (Å²) in [6, 6.07) is 9.67. The maximum absolute atomic E-state index is 13.8. The predicted molar refractivity (Wildman–Crippen MR) is 147 cm³/mol. The highest BCUT2D eigenvalue weighted by molar-refractivity contribution is 7.07. The zero-order chi connectivity index (χ0) is 28.4. The van der Waals surface area contributed by atoms with Crippen molar-refractivity contribution in [1.82, 2.24) is 4.57 Å². The van der Waals surface area contributed by atoms with Crippen molar-refractivity contribution in [2.24, 2.45) is 4.99 Å². The van der Waals surface area contributed by atoms with Gasteiger partial charge in [-0.05, 0) is 43.0 Å². The number of nitrogens with zero attached hydrogens (tertiary/aromatic N) is 3. The molecule has 0 saturated heterocycles. The number of hydrogen-bond donors (Lipinski definition) is 0. The molecule has 0 saturated carbocycles. The van der Waals surface area contributed by atoms with Gasteiger partial charge in [-0.15, -0.1) is 0 Å². The lowest BCUT2D eigenvalue weighted by Crippen LogP contribution is -2.40. The molecule has 0 N–H and O–H groups in total. The lowest BCUT2D eigenvalue weighted by Gasteiger charge is -2.25. The number of benzene rings is 2. The zero-order valence-electron chi connectivity index (χ0n) is 22.5. The number of allylic oxidation sites excluding steroid dienone is 1. The topological polar surface area (TPSA) is 122 Å². The third-order valence-corrected chi connectivity index (χ3v) is 7.43. The minimum atomic E-state index is -0.774. The molecule has 0 fully saturated rings. The molecule has 1 atom stereocenters. The third kappa shape index (κ3) is 5.22. The highest BCUT2D eigenvalue weighted by Crippen LogP contribution is 2.35. The summed E-state index contributed by atoms with van der Waals surface area (Å²) in [7, 11) is 2.81. The van der Waals surface area contributed by atoms with Gasteiger partial charge in [0.2, 0.25) is 0 Å². The SMILES string of the molecule is CCOC(=O)C1=C(C)N=c2s/c(=C\c3cc(OC)c(OC)cc3[N+](=O)[O-])c(=O)n2[C@H]1c1ccc(C(C)C)cc1. The van der Waals surface area contributed by atoms with E-state index in [9.17, 15) is 19.7 Å². The quantitative estimate of drug-likeness (QED) is 0.237. The van der Waals surface area contributed by atoms with Gasteiger partial charge >= 0.3 is 5.97 Å². The van der Waals surface area contributed by atoms with Gasteiger partial charge in [0.1, 0.15) is 0 Å². The van der Waals surface area contributed by atoms with E-state index < -0.39 is 22.5 Å². The van der Waals surface area contributed by atoms with Crippen LogP contribution in [0.5, 0.6) is 11.5 Å². The van der Waals surface area contributed by atoms with Gasteiger partial charge < -0.3 is 14.2 Å². The Bertz CT molecular complexity index is 1650. The number of ether oxygens (including phenoxy) is 3. The van der Waals surface area contributed by atoms with E-state index >= 15 is 0 Å². The molecule has 0 radical (unpaired) electrons. The first-order valence-electron chi connectivity index (χ1n) is 12.3. The Morgan fingerprint density at radius 3 is 2.38 bits per heavy atom. The van der Waals surface area contributed by atoms with E-state index in [1.807, 2.05) is 24.3 Å². The number of methoxy groups -OCH3 is 2. The van der Waals surface area contributed by atoms with Crippen LogP contribution in [0, 0.1) is 10.1 Å². The van der Waals surface area contributed by atoms with Gasteiger partial charge in [-0.25, -0.2) is 9.79 Å². The molecule has 204 valence electrons. The van der Waals surface area contributed by atoms with Crippen LogP contribution < -0.4 is 24.4 Å². The molecule has 11 heteroatoms. The number of thiazole rings is 1. The van der Waals surface area contributed by atoms with Gasteiger partial charge in [0, 0.05) is 0 Å². The molecule has 2 aromatic carbocycles. The van der Waals surface area contributed by atoms with Gasteiger partial charge in [0.25, 0.3) is 11.2 Å². The Hall–Kier alpha value is -4.25. The zero-order valence-corrected chi connectivity index (χ0v) is 23.3. The van der Waals surface area contributed by atoms with E-state index in [0.717, 1.165) is 22.5 Å². The van der Waals surface area contributed by atoms with E-state index in [4.69, 9.17) is 14.2 Å². The lowest BCUT2D eigenvalue weighted by molar-refractivity contribution is -0.385. The molecule has 2 heterocycles. The summed E-state index contributed by atoms with van der Waals surface area (Å²) < 4.78 is 17.5. The minimum absolute atomic E-state index is 0.169. The Morgan fingerprint density at radius 1 is 1.18 bits per heavy atom. The Labute approximate surface area is 228 Å². The lowest BCUT2D eigenvalue weighted by atomic mass is 9.93. The molecule has 1 aromatic heterocycles. The number of fused-ring (bicyclic) bond motifs is 1. The Kier molecular flexibility index (Phi) is 8.01. The molecule has 3 aromatic rings. The van der Waals surface area contributed by atoms with Crippen LogP contribution >= 0.6 is 11.3 Å². The van der Waals surface area contributed by atoms with Crippen molar-refractivity contribution < 1.29 is 23.9 Å². The number of carbonyl (C=O) groups is 1. The summed E-state index contributed by atoms with van der Waals surface area (Å²) in [5.74, 6) is 0.231. The van der Waals surface area contributed by atoms with Crippen LogP contribution in [0.2, 0.25) is 0 Å². The normalized spacial score (nSPS) is 15.2. The summed E-state index contributed by atoms with van der Waals surface area (Å²) in [5, 5.41) is 11.8. The van der Waals surface area contributed by atoms with Crippen molar-refractivity contribution in [3.05, 3.63) is 94.2 Å². The van der Waals surface area contributed by atoms with Crippen molar-refractivity contribution in [2.45, 2.75) is 39.7 Å². The molecule has 0 bridgehead atoms. The van der Waals surface area contributed by atoms with E-state index in [1.54, 1.807) is 13.8 Å². The maximum Gasteiger partial charge on any atom is 0.338 e. The standard InChI is InChI=1S/C28H29N3O7S/c1-7-38-27(33)24-16(4)29-28-30(25(24)18-10-8-17(9-11-18)15(2)3)26(32)23(39-28)13-19-12-21(36-5)22(37-6)14-20(19)31(34)35/h8-15,25H,7H2,1-6H3/b23-13-/t25-/m0/s1. The second-order valence-corrected chi connectivity index (χ2v) is 10.2. The number of aromatic nitrogens is 1. The van der Waals surface area contributed by atoms with Gasteiger partial charge in [-0.3, -0.25) is 19.5 Å². The molecule has 4 rings (SSSR count). The molecule has 0 unspecified atom stereocenters. The summed E-state index contributed by atoms with van der Waals surface area (Å²) in [5.41, 5.74) is 2.04. The van der Waals surface area contributed by atoms with Gasteiger partial charge in [0.05, 0.1) is 59.2 Å². The smallest absolute Gasteiger partial charge is 0.338 e. The van der Waals surface area contributed by atoms with E-state index in [1.165, 1.54) is 37.0 Å². The van der Waals surface area contributed by atoms with Crippen LogP contribution in [0.4, 0.5) is 5.69 Å².